The first kappa shape index (κ1) is 10.4. The van der Waals surface area contributed by atoms with E-state index in [0.29, 0.717) is 5.15 Å². The van der Waals surface area contributed by atoms with Crippen LogP contribution in [-0.4, -0.2) is 18.1 Å². The van der Waals surface area contributed by atoms with E-state index in [1.165, 1.54) is 29.6 Å². The minimum atomic E-state index is 0.603. The van der Waals surface area contributed by atoms with Crippen molar-refractivity contribution >= 4 is 38.8 Å². The van der Waals surface area contributed by atoms with E-state index < -0.39 is 0 Å². The maximum Gasteiger partial charge on any atom is 0.131 e. The van der Waals surface area contributed by atoms with Gasteiger partial charge in [-0.1, -0.05) is 11.6 Å². The summed E-state index contributed by atoms with van der Waals surface area (Å²) in [7, 11) is 0. The van der Waals surface area contributed by atoms with Gasteiger partial charge in [0, 0.05) is 19.2 Å². The molecule has 0 aliphatic carbocycles. The lowest BCUT2D eigenvalue weighted by molar-refractivity contribution is 0.579. The number of hydrogen-bond donors (Lipinski definition) is 0. The highest BCUT2D eigenvalue weighted by Gasteiger charge is 2.15. The van der Waals surface area contributed by atoms with Crippen molar-refractivity contribution in [1.29, 1.82) is 0 Å². The van der Waals surface area contributed by atoms with Gasteiger partial charge in [-0.15, -0.1) is 11.3 Å². The number of thiophene rings is 1. The van der Waals surface area contributed by atoms with Crippen LogP contribution in [0.25, 0.3) is 10.2 Å². The highest BCUT2D eigenvalue weighted by molar-refractivity contribution is 7.17. The molecule has 0 radical (unpaired) electrons. The quantitative estimate of drug-likeness (QED) is 0.715. The molecule has 1 fully saturated rings. The Bertz CT molecular complexity index is 503. The zero-order valence-electron chi connectivity index (χ0n) is 8.95. The van der Waals surface area contributed by atoms with Gasteiger partial charge in [0.1, 0.15) is 5.15 Å². The molecule has 0 amide bonds. The van der Waals surface area contributed by atoms with E-state index in [-0.39, 0.29) is 0 Å². The van der Waals surface area contributed by atoms with Crippen LogP contribution in [0.5, 0.6) is 0 Å². The summed E-state index contributed by atoms with van der Waals surface area (Å²) in [4.78, 5) is 6.78. The summed E-state index contributed by atoms with van der Waals surface area (Å²) >= 11 is 7.82. The van der Waals surface area contributed by atoms with Crippen LogP contribution in [0.2, 0.25) is 5.15 Å². The maximum atomic E-state index is 6.07. The smallest absolute Gasteiger partial charge is 0.131 e. The topological polar surface area (TPSA) is 16.1 Å². The molecule has 0 atom stereocenters. The second kappa shape index (κ2) is 4.22. The van der Waals surface area contributed by atoms with Gasteiger partial charge in [0.2, 0.25) is 0 Å². The van der Waals surface area contributed by atoms with Crippen molar-refractivity contribution in [2.45, 2.75) is 19.3 Å². The molecule has 1 aliphatic rings. The average Bonchev–Trinajstić information content (AvgIpc) is 2.77. The van der Waals surface area contributed by atoms with E-state index >= 15 is 0 Å². The van der Waals surface area contributed by atoms with E-state index in [9.17, 15) is 0 Å². The van der Waals surface area contributed by atoms with E-state index in [2.05, 4.69) is 15.3 Å². The zero-order chi connectivity index (χ0) is 11.0. The van der Waals surface area contributed by atoms with Gasteiger partial charge < -0.3 is 4.90 Å². The SMILES string of the molecule is Clc1cc(N2CCCCC2)c2sccc2n1. The molecule has 84 valence electrons. The van der Waals surface area contributed by atoms with Gasteiger partial charge >= 0.3 is 0 Å². The van der Waals surface area contributed by atoms with Gasteiger partial charge in [-0.25, -0.2) is 4.98 Å². The average molecular weight is 253 g/mol. The van der Waals surface area contributed by atoms with Crippen molar-refractivity contribution in [1.82, 2.24) is 4.98 Å². The van der Waals surface area contributed by atoms with Gasteiger partial charge in [0.15, 0.2) is 0 Å². The number of pyridine rings is 1. The third kappa shape index (κ3) is 1.78. The molecule has 0 aromatic carbocycles. The first-order chi connectivity index (χ1) is 7.84. The van der Waals surface area contributed by atoms with E-state index in [1.54, 1.807) is 11.3 Å². The van der Waals surface area contributed by atoms with Crippen LogP contribution in [0.3, 0.4) is 0 Å². The number of halogens is 1. The Labute approximate surface area is 104 Å². The van der Waals surface area contributed by atoms with Gasteiger partial charge in [-0.05, 0) is 30.7 Å². The van der Waals surface area contributed by atoms with Crippen LogP contribution in [-0.2, 0) is 0 Å². The Morgan fingerprint density at radius 1 is 1.25 bits per heavy atom. The lowest BCUT2D eigenvalue weighted by Crippen LogP contribution is -2.29. The molecule has 2 aromatic heterocycles. The lowest BCUT2D eigenvalue weighted by Gasteiger charge is -2.29. The third-order valence-corrected chi connectivity index (χ3v) is 4.18. The van der Waals surface area contributed by atoms with Gasteiger partial charge in [0.05, 0.1) is 15.9 Å². The second-order valence-corrected chi connectivity index (χ2v) is 5.45. The molecule has 0 bridgehead atoms. The summed E-state index contributed by atoms with van der Waals surface area (Å²) in [5.41, 5.74) is 2.29. The molecule has 0 saturated carbocycles. The highest BCUT2D eigenvalue weighted by Crippen LogP contribution is 2.33. The maximum absolute atomic E-state index is 6.07. The molecular formula is C12H13ClN2S. The number of rotatable bonds is 1. The zero-order valence-corrected chi connectivity index (χ0v) is 10.5. The number of fused-ring (bicyclic) bond motifs is 1. The normalized spacial score (nSPS) is 16.9. The fourth-order valence-corrected chi connectivity index (χ4v) is 3.35. The summed E-state index contributed by atoms with van der Waals surface area (Å²) in [6.07, 6.45) is 3.92. The summed E-state index contributed by atoms with van der Waals surface area (Å²) in [5.74, 6) is 0. The molecule has 0 N–H and O–H groups in total. The summed E-state index contributed by atoms with van der Waals surface area (Å²) in [6, 6.07) is 4.05. The number of piperidine rings is 1. The molecule has 4 heteroatoms. The number of anilines is 1. The summed E-state index contributed by atoms with van der Waals surface area (Å²) in [5, 5.41) is 2.69. The minimum absolute atomic E-state index is 0.603. The highest BCUT2D eigenvalue weighted by atomic mass is 35.5. The number of hydrogen-bond acceptors (Lipinski definition) is 3. The number of aromatic nitrogens is 1. The van der Waals surface area contributed by atoms with Gasteiger partial charge in [0.25, 0.3) is 0 Å². The van der Waals surface area contributed by atoms with Crippen LogP contribution >= 0.6 is 22.9 Å². The minimum Gasteiger partial charge on any atom is -0.370 e. The summed E-state index contributed by atoms with van der Waals surface area (Å²) in [6.45, 7) is 2.29. The fraction of sp³-hybridized carbons (Fsp3) is 0.417. The predicted octanol–water partition coefficient (Wildman–Crippen LogP) is 3.94. The Kier molecular flexibility index (Phi) is 2.74. The van der Waals surface area contributed by atoms with Crippen molar-refractivity contribution in [2.75, 3.05) is 18.0 Å². The van der Waals surface area contributed by atoms with Crippen molar-refractivity contribution in [2.24, 2.45) is 0 Å². The fourth-order valence-electron chi connectivity index (χ4n) is 2.28. The molecule has 2 aromatic rings. The monoisotopic (exact) mass is 252 g/mol. The van der Waals surface area contributed by atoms with E-state index in [0.717, 1.165) is 18.6 Å². The van der Waals surface area contributed by atoms with Crippen LogP contribution < -0.4 is 4.90 Å². The predicted molar refractivity (Wildman–Crippen MR) is 70.7 cm³/mol. The Morgan fingerprint density at radius 3 is 2.88 bits per heavy atom. The molecule has 1 saturated heterocycles. The van der Waals surface area contributed by atoms with Gasteiger partial charge in [-0.2, -0.15) is 0 Å². The molecule has 3 heterocycles. The van der Waals surface area contributed by atoms with Crippen molar-refractivity contribution in [3.05, 3.63) is 22.7 Å². The standard InChI is InChI=1S/C12H13ClN2S/c13-11-8-10(15-5-2-1-3-6-15)12-9(14-11)4-7-16-12/h4,7-8H,1-3,5-6H2. The number of nitrogens with zero attached hydrogens (tertiary/aromatic N) is 2. The first-order valence-corrected chi connectivity index (χ1v) is 6.89. The van der Waals surface area contributed by atoms with E-state index in [1.807, 2.05) is 12.1 Å². The van der Waals surface area contributed by atoms with E-state index in [4.69, 9.17) is 11.6 Å². The van der Waals surface area contributed by atoms with Crippen molar-refractivity contribution < 1.29 is 0 Å². The Morgan fingerprint density at radius 2 is 2.06 bits per heavy atom. The first-order valence-electron chi connectivity index (χ1n) is 5.63. The van der Waals surface area contributed by atoms with Crippen LogP contribution in [0.15, 0.2) is 17.5 Å². The largest absolute Gasteiger partial charge is 0.370 e. The van der Waals surface area contributed by atoms with Crippen LogP contribution in [0, 0.1) is 0 Å². The molecule has 1 aliphatic heterocycles. The van der Waals surface area contributed by atoms with Crippen LogP contribution in [0.4, 0.5) is 5.69 Å². The Balaban J connectivity index is 2.09. The second-order valence-electron chi connectivity index (χ2n) is 4.15. The molecule has 2 nitrogen and oxygen atoms in total. The summed E-state index contributed by atoms with van der Waals surface area (Å²) < 4.78 is 1.27. The molecule has 16 heavy (non-hydrogen) atoms. The Hall–Kier alpha value is -0.800. The molecular weight excluding hydrogens is 240 g/mol. The van der Waals surface area contributed by atoms with Crippen LogP contribution in [0.1, 0.15) is 19.3 Å². The molecule has 0 unspecified atom stereocenters. The molecule has 0 spiro atoms. The van der Waals surface area contributed by atoms with Crippen molar-refractivity contribution in [3.8, 4) is 0 Å². The third-order valence-electron chi connectivity index (χ3n) is 3.06. The van der Waals surface area contributed by atoms with Gasteiger partial charge in [-0.3, -0.25) is 0 Å². The molecule has 3 rings (SSSR count). The van der Waals surface area contributed by atoms with Crippen molar-refractivity contribution in [3.63, 3.8) is 0 Å². The lowest BCUT2D eigenvalue weighted by atomic mass is 10.1.